The number of benzene rings is 2. The number of phenols is 1. The van der Waals surface area contributed by atoms with Crippen molar-refractivity contribution >= 4 is 17.3 Å². The summed E-state index contributed by atoms with van der Waals surface area (Å²) >= 11 is 0. The molecule has 0 amide bonds. The highest BCUT2D eigenvalue weighted by molar-refractivity contribution is 5.89. The van der Waals surface area contributed by atoms with Crippen molar-refractivity contribution in [3.05, 3.63) is 53.8 Å². The Kier molecular flexibility index (Phi) is 3.14. The minimum absolute atomic E-state index is 0.00333. The fourth-order valence-electron chi connectivity index (χ4n) is 1.48. The lowest BCUT2D eigenvalue weighted by molar-refractivity contribution is 0.0697. The van der Waals surface area contributed by atoms with E-state index < -0.39 is 11.8 Å². The normalized spacial score (nSPS) is 10.1. The molecule has 0 saturated heterocycles. The van der Waals surface area contributed by atoms with Crippen LogP contribution < -0.4 is 5.32 Å². The van der Waals surface area contributed by atoms with Crippen molar-refractivity contribution < 1.29 is 19.4 Å². The number of hydrogen-bond acceptors (Lipinski definition) is 3. The summed E-state index contributed by atoms with van der Waals surface area (Å²) < 4.78 is 13.5. The van der Waals surface area contributed by atoms with Crippen molar-refractivity contribution in [2.75, 3.05) is 5.32 Å². The molecule has 0 radical (unpaired) electrons. The zero-order chi connectivity index (χ0) is 13.1. The Morgan fingerprint density at radius 3 is 2.50 bits per heavy atom. The van der Waals surface area contributed by atoms with E-state index in [1.807, 2.05) is 0 Å². The Balaban J connectivity index is 2.37. The molecule has 0 fully saturated rings. The van der Waals surface area contributed by atoms with Gasteiger partial charge in [0.05, 0.1) is 16.9 Å². The van der Waals surface area contributed by atoms with E-state index in [2.05, 4.69) is 5.32 Å². The van der Waals surface area contributed by atoms with E-state index in [0.717, 1.165) is 6.07 Å². The van der Waals surface area contributed by atoms with Gasteiger partial charge in [-0.15, -0.1) is 0 Å². The molecule has 92 valence electrons. The first kappa shape index (κ1) is 11.9. The third kappa shape index (κ3) is 2.40. The number of para-hydroxylation sites is 2. The Morgan fingerprint density at radius 1 is 1.11 bits per heavy atom. The molecule has 0 aliphatic heterocycles. The maximum atomic E-state index is 13.5. The molecule has 0 atom stereocenters. The van der Waals surface area contributed by atoms with Crippen LogP contribution in [0.3, 0.4) is 0 Å². The Hall–Kier alpha value is -2.56. The first-order valence-electron chi connectivity index (χ1n) is 5.16. The summed E-state index contributed by atoms with van der Waals surface area (Å²) in [5.74, 6) is -1.78. The second kappa shape index (κ2) is 4.75. The molecule has 0 heterocycles. The highest BCUT2D eigenvalue weighted by Crippen LogP contribution is 2.27. The first-order chi connectivity index (χ1) is 8.58. The summed E-state index contributed by atoms with van der Waals surface area (Å²) in [6.45, 7) is 0. The Labute approximate surface area is 102 Å². The van der Waals surface area contributed by atoms with Crippen LogP contribution in [0.1, 0.15) is 10.4 Å². The van der Waals surface area contributed by atoms with E-state index in [9.17, 15) is 14.3 Å². The number of carboxylic acid groups (broad SMARTS) is 1. The molecule has 0 bridgehead atoms. The number of rotatable bonds is 3. The fourth-order valence-corrected chi connectivity index (χ4v) is 1.48. The number of carbonyl (C=O) groups is 1. The topological polar surface area (TPSA) is 69.6 Å². The number of nitrogens with one attached hydrogen (secondary N) is 1. The van der Waals surface area contributed by atoms with E-state index in [1.54, 1.807) is 18.2 Å². The molecule has 0 saturated carbocycles. The van der Waals surface area contributed by atoms with Crippen LogP contribution in [0, 0.1) is 5.82 Å². The zero-order valence-electron chi connectivity index (χ0n) is 9.22. The van der Waals surface area contributed by atoms with Gasteiger partial charge in [0.1, 0.15) is 11.6 Å². The van der Waals surface area contributed by atoms with Gasteiger partial charge in [-0.1, -0.05) is 12.1 Å². The number of halogens is 1. The van der Waals surface area contributed by atoms with Crippen LogP contribution in [-0.4, -0.2) is 16.2 Å². The smallest absolute Gasteiger partial charge is 0.335 e. The molecule has 2 rings (SSSR count). The lowest BCUT2D eigenvalue weighted by Gasteiger charge is -2.09. The highest BCUT2D eigenvalue weighted by Gasteiger charge is 2.09. The highest BCUT2D eigenvalue weighted by atomic mass is 19.1. The third-order valence-electron chi connectivity index (χ3n) is 2.39. The van der Waals surface area contributed by atoms with Crippen molar-refractivity contribution in [1.82, 2.24) is 0 Å². The van der Waals surface area contributed by atoms with Gasteiger partial charge in [-0.25, -0.2) is 9.18 Å². The molecule has 3 N–H and O–H groups in total. The standard InChI is InChI=1S/C13H10FNO3/c14-9-6-5-8(13(17)18)7-11(9)15-10-3-1-2-4-12(10)16/h1-7,15-16H,(H,17,18). The van der Waals surface area contributed by atoms with Crippen molar-refractivity contribution in [3.8, 4) is 5.75 Å². The van der Waals surface area contributed by atoms with E-state index >= 15 is 0 Å². The van der Waals surface area contributed by atoms with Gasteiger partial charge in [0.15, 0.2) is 0 Å². The predicted molar refractivity (Wildman–Crippen MR) is 64.7 cm³/mol. The minimum atomic E-state index is -1.14. The second-order valence-electron chi connectivity index (χ2n) is 3.64. The van der Waals surface area contributed by atoms with Crippen molar-refractivity contribution in [1.29, 1.82) is 0 Å². The molecule has 18 heavy (non-hydrogen) atoms. The third-order valence-corrected chi connectivity index (χ3v) is 2.39. The largest absolute Gasteiger partial charge is 0.506 e. The van der Waals surface area contributed by atoms with Gasteiger partial charge in [0.25, 0.3) is 0 Å². The minimum Gasteiger partial charge on any atom is -0.506 e. The zero-order valence-corrected chi connectivity index (χ0v) is 9.22. The Bertz CT molecular complexity index is 599. The number of phenolic OH excluding ortho intramolecular Hbond substituents is 1. The molecule has 0 aliphatic rings. The van der Waals surface area contributed by atoms with Crippen LogP contribution in [0.15, 0.2) is 42.5 Å². The van der Waals surface area contributed by atoms with Crippen LogP contribution in [0.2, 0.25) is 0 Å². The van der Waals surface area contributed by atoms with Crippen LogP contribution in [-0.2, 0) is 0 Å². The lowest BCUT2D eigenvalue weighted by Crippen LogP contribution is -2.00. The molecule has 2 aromatic rings. The van der Waals surface area contributed by atoms with E-state index in [1.165, 1.54) is 18.2 Å². The monoisotopic (exact) mass is 247 g/mol. The molecule has 2 aromatic carbocycles. The summed E-state index contributed by atoms with van der Waals surface area (Å²) in [6, 6.07) is 9.71. The predicted octanol–water partition coefficient (Wildman–Crippen LogP) is 2.97. The fraction of sp³-hybridized carbons (Fsp3) is 0. The van der Waals surface area contributed by atoms with E-state index in [4.69, 9.17) is 5.11 Å². The van der Waals surface area contributed by atoms with Crippen molar-refractivity contribution in [3.63, 3.8) is 0 Å². The molecule has 0 unspecified atom stereocenters. The van der Waals surface area contributed by atoms with Crippen molar-refractivity contribution in [2.45, 2.75) is 0 Å². The average molecular weight is 247 g/mol. The van der Waals surface area contributed by atoms with Gasteiger partial charge in [-0.3, -0.25) is 0 Å². The maximum absolute atomic E-state index is 13.5. The van der Waals surface area contributed by atoms with Crippen LogP contribution in [0.5, 0.6) is 5.75 Å². The lowest BCUT2D eigenvalue weighted by atomic mass is 10.2. The molecule has 0 spiro atoms. The summed E-state index contributed by atoms with van der Waals surface area (Å²) in [5, 5.41) is 21.0. The number of hydrogen-bond donors (Lipinski definition) is 3. The number of carboxylic acids is 1. The van der Waals surface area contributed by atoms with Crippen LogP contribution >= 0.6 is 0 Å². The number of aromatic carboxylic acids is 1. The van der Waals surface area contributed by atoms with E-state index in [-0.39, 0.29) is 17.0 Å². The summed E-state index contributed by atoms with van der Waals surface area (Å²) in [4.78, 5) is 10.8. The molecular weight excluding hydrogens is 237 g/mol. The van der Waals surface area contributed by atoms with Crippen LogP contribution in [0.25, 0.3) is 0 Å². The molecule has 0 aromatic heterocycles. The SMILES string of the molecule is O=C(O)c1ccc(F)c(Nc2ccccc2O)c1. The van der Waals surface area contributed by atoms with Gasteiger partial charge in [0.2, 0.25) is 0 Å². The van der Waals surface area contributed by atoms with Gasteiger partial charge in [0, 0.05) is 0 Å². The summed E-state index contributed by atoms with van der Waals surface area (Å²) in [5.41, 5.74) is 0.268. The molecular formula is C13H10FNO3. The van der Waals surface area contributed by atoms with Gasteiger partial charge < -0.3 is 15.5 Å². The number of anilines is 2. The molecule has 5 heteroatoms. The van der Waals surface area contributed by atoms with Crippen LogP contribution in [0.4, 0.5) is 15.8 Å². The first-order valence-corrected chi connectivity index (χ1v) is 5.16. The summed E-state index contributed by atoms with van der Waals surface area (Å²) in [6.07, 6.45) is 0. The average Bonchev–Trinajstić information content (AvgIpc) is 2.34. The Morgan fingerprint density at radius 2 is 1.83 bits per heavy atom. The number of aromatic hydroxyl groups is 1. The van der Waals surface area contributed by atoms with E-state index in [0.29, 0.717) is 5.69 Å². The summed E-state index contributed by atoms with van der Waals surface area (Å²) in [7, 11) is 0. The quantitative estimate of drug-likeness (QED) is 0.729. The van der Waals surface area contributed by atoms with Gasteiger partial charge in [-0.2, -0.15) is 0 Å². The molecule has 4 nitrogen and oxygen atoms in total. The van der Waals surface area contributed by atoms with Gasteiger partial charge >= 0.3 is 5.97 Å². The van der Waals surface area contributed by atoms with Gasteiger partial charge in [-0.05, 0) is 30.3 Å². The van der Waals surface area contributed by atoms with Crippen molar-refractivity contribution in [2.24, 2.45) is 0 Å². The second-order valence-corrected chi connectivity index (χ2v) is 3.64. The maximum Gasteiger partial charge on any atom is 0.335 e. The molecule has 0 aliphatic carbocycles.